The van der Waals surface area contributed by atoms with Crippen LogP contribution in [0.5, 0.6) is 0 Å². The Hall–Kier alpha value is -2.43. The van der Waals surface area contributed by atoms with Gasteiger partial charge in [0.2, 0.25) is 0 Å². The van der Waals surface area contributed by atoms with Crippen LogP contribution >= 0.6 is 0 Å². The summed E-state index contributed by atoms with van der Waals surface area (Å²) in [7, 11) is 1.34. The Morgan fingerprint density at radius 3 is 2.70 bits per heavy atom. The molecule has 5 nitrogen and oxygen atoms in total. The number of rotatable bonds is 4. The Labute approximate surface area is 117 Å². The van der Waals surface area contributed by atoms with Crippen LogP contribution in [0, 0.1) is 6.92 Å². The first kappa shape index (κ1) is 14.0. The van der Waals surface area contributed by atoms with Gasteiger partial charge < -0.3 is 20.2 Å². The number of nitrogens with one attached hydrogen (secondary N) is 1. The maximum atomic E-state index is 11.8. The van der Waals surface area contributed by atoms with Crippen molar-refractivity contribution in [2.24, 2.45) is 0 Å². The van der Waals surface area contributed by atoms with Crippen LogP contribution in [0.4, 0.5) is 11.4 Å². The number of anilines is 2. The summed E-state index contributed by atoms with van der Waals surface area (Å²) in [5.41, 5.74) is 7.29. The fourth-order valence-corrected chi connectivity index (χ4v) is 1.96. The second-order valence-corrected chi connectivity index (χ2v) is 4.61. The van der Waals surface area contributed by atoms with Gasteiger partial charge in [0.15, 0.2) is 0 Å². The molecule has 3 N–H and O–H groups in total. The van der Waals surface area contributed by atoms with E-state index in [9.17, 15) is 4.79 Å². The topological polar surface area (TPSA) is 77.5 Å². The highest BCUT2D eigenvalue weighted by Gasteiger charge is 2.16. The summed E-state index contributed by atoms with van der Waals surface area (Å²) in [4.78, 5) is 11.8. The lowest BCUT2D eigenvalue weighted by atomic mass is 10.1. The number of nitrogens with two attached hydrogens (primary N) is 1. The number of esters is 1. The van der Waals surface area contributed by atoms with Gasteiger partial charge in [-0.05, 0) is 44.2 Å². The van der Waals surface area contributed by atoms with Gasteiger partial charge in [-0.3, -0.25) is 0 Å². The van der Waals surface area contributed by atoms with E-state index in [0.29, 0.717) is 16.9 Å². The molecule has 0 aliphatic rings. The van der Waals surface area contributed by atoms with E-state index in [-0.39, 0.29) is 6.04 Å². The zero-order valence-corrected chi connectivity index (χ0v) is 11.8. The molecule has 0 spiro atoms. The van der Waals surface area contributed by atoms with Crippen molar-refractivity contribution in [3.8, 4) is 0 Å². The van der Waals surface area contributed by atoms with Crippen molar-refractivity contribution >= 4 is 17.3 Å². The molecule has 1 aromatic heterocycles. The zero-order valence-electron chi connectivity index (χ0n) is 11.8. The van der Waals surface area contributed by atoms with E-state index in [1.165, 1.54) is 7.11 Å². The van der Waals surface area contributed by atoms with Gasteiger partial charge in [0, 0.05) is 11.4 Å². The number of hydrogen-bond acceptors (Lipinski definition) is 5. The second-order valence-electron chi connectivity index (χ2n) is 4.61. The minimum absolute atomic E-state index is 0.0734. The predicted molar refractivity (Wildman–Crippen MR) is 77.7 cm³/mol. The highest BCUT2D eigenvalue weighted by molar-refractivity contribution is 5.96. The molecule has 1 aromatic carbocycles. The van der Waals surface area contributed by atoms with Crippen molar-refractivity contribution in [2.75, 3.05) is 18.2 Å². The third kappa shape index (κ3) is 2.93. The van der Waals surface area contributed by atoms with Crippen LogP contribution < -0.4 is 11.1 Å². The molecule has 0 saturated carbocycles. The number of ether oxygens (including phenoxy) is 1. The van der Waals surface area contributed by atoms with Crippen LogP contribution in [0.3, 0.4) is 0 Å². The summed E-state index contributed by atoms with van der Waals surface area (Å²) in [6.45, 7) is 3.84. The Balaban J connectivity index is 2.26. The van der Waals surface area contributed by atoms with Crippen molar-refractivity contribution in [1.29, 1.82) is 0 Å². The molecule has 0 fully saturated rings. The predicted octanol–water partition coefficient (Wildman–Crippen LogP) is 3.13. The zero-order chi connectivity index (χ0) is 14.7. The second kappa shape index (κ2) is 5.69. The third-order valence-corrected chi connectivity index (χ3v) is 3.01. The highest BCUT2D eigenvalue weighted by Crippen LogP contribution is 2.25. The van der Waals surface area contributed by atoms with Gasteiger partial charge in [-0.2, -0.15) is 0 Å². The van der Waals surface area contributed by atoms with Gasteiger partial charge >= 0.3 is 5.97 Å². The van der Waals surface area contributed by atoms with Gasteiger partial charge in [0.05, 0.1) is 18.7 Å². The van der Waals surface area contributed by atoms with Crippen molar-refractivity contribution in [1.82, 2.24) is 0 Å². The number of aryl methyl sites for hydroxylation is 1. The average Bonchev–Trinajstić information content (AvgIpc) is 2.86. The van der Waals surface area contributed by atoms with Gasteiger partial charge in [0.25, 0.3) is 0 Å². The van der Waals surface area contributed by atoms with E-state index >= 15 is 0 Å². The molecule has 0 bridgehead atoms. The van der Waals surface area contributed by atoms with E-state index in [0.717, 1.165) is 11.5 Å². The van der Waals surface area contributed by atoms with Gasteiger partial charge in [-0.1, -0.05) is 0 Å². The van der Waals surface area contributed by atoms with Crippen LogP contribution in [0.1, 0.15) is 34.8 Å². The van der Waals surface area contributed by atoms with Crippen LogP contribution in [0.2, 0.25) is 0 Å². The summed E-state index contributed by atoms with van der Waals surface area (Å²) in [6.07, 6.45) is 0. The molecule has 106 valence electrons. The van der Waals surface area contributed by atoms with Crippen molar-refractivity contribution in [2.45, 2.75) is 19.9 Å². The molecule has 0 radical (unpaired) electrons. The Bertz CT molecular complexity index is 619. The maximum absolute atomic E-state index is 11.8. The Morgan fingerprint density at radius 1 is 1.35 bits per heavy atom. The lowest BCUT2D eigenvalue weighted by Crippen LogP contribution is -2.11. The molecule has 1 atom stereocenters. The number of carbonyl (C=O) groups excluding carboxylic acids is 1. The van der Waals surface area contributed by atoms with E-state index < -0.39 is 5.97 Å². The van der Waals surface area contributed by atoms with Gasteiger partial charge in [0.1, 0.15) is 11.5 Å². The number of benzene rings is 1. The lowest BCUT2D eigenvalue weighted by Gasteiger charge is -2.16. The monoisotopic (exact) mass is 274 g/mol. The first-order valence-electron chi connectivity index (χ1n) is 6.32. The summed E-state index contributed by atoms with van der Waals surface area (Å²) < 4.78 is 10.3. The molecular formula is C15H18N2O3. The summed E-state index contributed by atoms with van der Waals surface area (Å²) in [5, 5.41) is 3.23. The number of nitrogen functional groups attached to an aromatic ring is 1. The van der Waals surface area contributed by atoms with Crippen molar-refractivity contribution in [3.05, 3.63) is 47.4 Å². The molecule has 2 rings (SSSR count). The van der Waals surface area contributed by atoms with Crippen molar-refractivity contribution < 1.29 is 13.9 Å². The lowest BCUT2D eigenvalue weighted by molar-refractivity contribution is 0.0602. The minimum atomic E-state index is -0.428. The van der Waals surface area contributed by atoms with Crippen molar-refractivity contribution in [3.63, 3.8) is 0 Å². The molecule has 0 aliphatic heterocycles. The number of furan rings is 1. The fraction of sp³-hybridized carbons (Fsp3) is 0.267. The average molecular weight is 274 g/mol. The summed E-state index contributed by atoms with van der Waals surface area (Å²) >= 11 is 0. The third-order valence-electron chi connectivity index (χ3n) is 3.01. The summed E-state index contributed by atoms with van der Waals surface area (Å²) in [5.74, 6) is 1.22. The van der Waals surface area contributed by atoms with E-state index in [4.69, 9.17) is 14.9 Å². The van der Waals surface area contributed by atoms with Crippen LogP contribution in [0.15, 0.2) is 34.7 Å². The highest BCUT2D eigenvalue weighted by atomic mass is 16.5. The van der Waals surface area contributed by atoms with Crippen LogP contribution in [-0.2, 0) is 4.74 Å². The molecule has 20 heavy (non-hydrogen) atoms. The van der Waals surface area contributed by atoms with Crippen LogP contribution in [-0.4, -0.2) is 13.1 Å². The van der Waals surface area contributed by atoms with Gasteiger partial charge in [-0.25, -0.2) is 4.79 Å². The Morgan fingerprint density at radius 2 is 2.10 bits per heavy atom. The van der Waals surface area contributed by atoms with E-state index in [1.807, 2.05) is 26.0 Å². The molecule has 0 saturated heterocycles. The first-order chi connectivity index (χ1) is 9.51. The van der Waals surface area contributed by atoms with E-state index in [1.54, 1.807) is 18.2 Å². The fourth-order valence-electron chi connectivity index (χ4n) is 1.96. The summed E-state index contributed by atoms with van der Waals surface area (Å²) in [6, 6.07) is 8.81. The van der Waals surface area contributed by atoms with E-state index in [2.05, 4.69) is 5.32 Å². The quantitative estimate of drug-likeness (QED) is 0.661. The maximum Gasteiger partial charge on any atom is 0.340 e. The standard InChI is InChI=1S/C15H18N2O3/c1-9-4-7-14(20-9)10(2)17-13-6-5-11(16)8-12(13)15(18)19-3/h4-8,10,17H,16H2,1-3H3. The normalized spacial score (nSPS) is 11.9. The molecule has 0 amide bonds. The van der Waals surface area contributed by atoms with Gasteiger partial charge in [-0.15, -0.1) is 0 Å². The number of methoxy groups -OCH3 is 1. The number of carbonyl (C=O) groups is 1. The minimum Gasteiger partial charge on any atom is -0.465 e. The number of hydrogen-bond donors (Lipinski definition) is 2. The Kier molecular flexibility index (Phi) is 3.98. The molecule has 1 heterocycles. The molecule has 0 aliphatic carbocycles. The molecule has 1 unspecified atom stereocenters. The smallest absolute Gasteiger partial charge is 0.340 e. The van der Waals surface area contributed by atoms with Crippen LogP contribution in [0.25, 0.3) is 0 Å². The SMILES string of the molecule is COC(=O)c1cc(N)ccc1NC(C)c1ccc(C)o1. The molecule has 5 heteroatoms. The largest absolute Gasteiger partial charge is 0.465 e. The molecule has 2 aromatic rings. The molecular weight excluding hydrogens is 256 g/mol. The first-order valence-corrected chi connectivity index (χ1v) is 6.32.